The molecule has 0 aliphatic heterocycles. The molecule has 0 spiro atoms. The number of quaternary nitrogens is 1. The maximum atomic E-state index is 12.7. The summed E-state index contributed by atoms with van der Waals surface area (Å²) in [7, 11) is 1.46. The van der Waals surface area contributed by atoms with Crippen molar-refractivity contribution in [1.29, 1.82) is 0 Å². The summed E-state index contributed by atoms with van der Waals surface area (Å²) < 4.78 is 34.3. The lowest BCUT2D eigenvalue weighted by molar-refractivity contribution is -0.870. The standard InChI is InChI=1S/C48H88NO8P/c1-6-8-10-12-14-16-18-20-22-23-24-25-27-29-31-33-35-37-39-41-48(51)57-46(45-56-58(52,53)55-43-42-49(3,4)5)44-54-47(50)40-38-36-34-32-30-28-26-21-19-17-15-13-11-9-7-2/h9,11,15,17,20-22,26,46H,6-8,10,12-14,16,18-19,23-25,27-45H2,1-5H3/p+1/b11-9-,17-15-,22-20-,26-21-/t46-/m1/s1. The molecule has 0 amide bonds. The lowest BCUT2D eigenvalue weighted by Gasteiger charge is -2.24. The third-order valence-corrected chi connectivity index (χ3v) is 10.8. The summed E-state index contributed by atoms with van der Waals surface area (Å²) in [5, 5.41) is 0. The van der Waals surface area contributed by atoms with Gasteiger partial charge in [-0.1, -0.05) is 159 Å². The molecule has 0 saturated heterocycles. The summed E-state index contributed by atoms with van der Waals surface area (Å²) in [6.07, 6.45) is 47.3. The van der Waals surface area contributed by atoms with Crippen LogP contribution in [0.2, 0.25) is 0 Å². The first-order valence-electron chi connectivity index (χ1n) is 23.4. The van der Waals surface area contributed by atoms with Gasteiger partial charge < -0.3 is 18.9 Å². The fourth-order valence-corrected chi connectivity index (χ4v) is 6.94. The number of carbonyl (C=O) groups excluding carboxylic acids is 2. The minimum absolute atomic E-state index is 0.0272. The minimum Gasteiger partial charge on any atom is -0.462 e. The summed E-state index contributed by atoms with van der Waals surface area (Å²) in [6.45, 7) is 4.29. The number of hydrogen-bond acceptors (Lipinski definition) is 7. The lowest BCUT2D eigenvalue weighted by atomic mass is 10.1. The first kappa shape index (κ1) is 56.0. The number of esters is 2. The van der Waals surface area contributed by atoms with E-state index in [0.29, 0.717) is 17.4 Å². The number of likely N-dealkylation sites (N-methyl/N-ethyl adjacent to an activating group) is 1. The number of rotatable bonds is 42. The van der Waals surface area contributed by atoms with Crippen LogP contribution in [-0.2, 0) is 32.7 Å². The highest BCUT2D eigenvalue weighted by molar-refractivity contribution is 7.47. The average Bonchev–Trinajstić information content (AvgIpc) is 3.17. The average molecular weight is 839 g/mol. The van der Waals surface area contributed by atoms with Gasteiger partial charge in [-0.15, -0.1) is 0 Å². The van der Waals surface area contributed by atoms with Crippen molar-refractivity contribution < 1.29 is 42.1 Å². The molecule has 338 valence electrons. The molecule has 0 radical (unpaired) electrons. The monoisotopic (exact) mass is 839 g/mol. The fourth-order valence-electron chi connectivity index (χ4n) is 6.20. The molecular weight excluding hydrogens is 750 g/mol. The van der Waals surface area contributed by atoms with Gasteiger partial charge >= 0.3 is 19.8 Å². The van der Waals surface area contributed by atoms with Crippen molar-refractivity contribution in [3.05, 3.63) is 48.6 Å². The van der Waals surface area contributed by atoms with E-state index in [1.165, 1.54) is 83.5 Å². The second kappa shape index (κ2) is 40.4. The molecule has 1 N–H and O–H groups in total. The van der Waals surface area contributed by atoms with Crippen molar-refractivity contribution in [2.75, 3.05) is 47.5 Å². The van der Waals surface area contributed by atoms with Crippen LogP contribution >= 0.6 is 7.82 Å². The van der Waals surface area contributed by atoms with Crippen molar-refractivity contribution in [3.63, 3.8) is 0 Å². The Morgan fingerprint density at radius 2 is 0.983 bits per heavy atom. The van der Waals surface area contributed by atoms with Gasteiger partial charge in [0.05, 0.1) is 27.7 Å². The van der Waals surface area contributed by atoms with E-state index in [9.17, 15) is 19.0 Å². The first-order valence-corrected chi connectivity index (χ1v) is 24.9. The number of phosphoric acid groups is 1. The van der Waals surface area contributed by atoms with Crippen LogP contribution in [0, 0.1) is 0 Å². The summed E-state index contributed by atoms with van der Waals surface area (Å²) in [6, 6.07) is 0. The van der Waals surface area contributed by atoms with Crippen LogP contribution in [0.3, 0.4) is 0 Å². The molecule has 0 bridgehead atoms. The van der Waals surface area contributed by atoms with Gasteiger partial charge in [-0.3, -0.25) is 18.6 Å². The topological polar surface area (TPSA) is 108 Å². The molecule has 10 heteroatoms. The highest BCUT2D eigenvalue weighted by Crippen LogP contribution is 2.43. The Hall–Kier alpha value is -2.03. The van der Waals surface area contributed by atoms with Gasteiger partial charge in [-0.25, -0.2) is 4.57 Å². The van der Waals surface area contributed by atoms with Crippen LogP contribution < -0.4 is 0 Å². The summed E-state index contributed by atoms with van der Waals surface area (Å²) in [5.41, 5.74) is 0. The van der Waals surface area contributed by atoms with Crippen molar-refractivity contribution in [3.8, 4) is 0 Å². The molecule has 1 unspecified atom stereocenters. The van der Waals surface area contributed by atoms with Gasteiger partial charge in [-0.2, -0.15) is 0 Å². The van der Waals surface area contributed by atoms with Crippen LogP contribution in [-0.4, -0.2) is 74.9 Å². The smallest absolute Gasteiger partial charge is 0.462 e. The molecule has 0 fully saturated rings. The molecule has 0 aliphatic carbocycles. The Morgan fingerprint density at radius 3 is 1.48 bits per heavy atom. The Bertz CT molecular complexity index is 1130. The van der Waals surface area contributed by atoms with Gasteiger partial charge in [0.15, 0.2) is 6.10 Å². The number of nitrogens with zero attached hydrogens (tertiary/aromatic N) is 1. The Kier molecular flexibility index (Phi) is 39.0. The van der Waals surface area contributed by atoms with Crippen molar-refractivity contribution in [2.45, 2.75) is 200 Å². The zero-order valence-corrected chi connectivity index (χ0v) is 38.9. The maximum Gasteiger partial charge on any atom is 0.472 e. The quantitative estimate of drug-likeness (QED) is 0.0213. The largest absolute Gasteiger partial charge is 0.472 e. The van der Waals surface area contributed by atoms with Gasteiger partial charge in [0, 0.05) is 12.8 Å². The first-order chi connectivity index (χ1) is 28.0. The maximum absolute atomic E-state index is 12.7. The molecule has 0 aromatic carbocycles. The fraction of sp³-hybridized carbons (Fsp3) is 0.792. The predicted molar refractivity (Wildman–Crippen MR) is 243 cm³/mol. The zero-order valence-electron chi connectivity index (χ0n) is 38.0. The molecule has 9 nitrogen and oxygen atoms in total. The van der Waals surface area contributed by atoms with E-state index in [4.69, 9.17) is 18.5 Å². The second-order valence-electron chi connectivity index (χ2n) is 16.8. The van der Waals surface area contributed by atoms with E-state index in [2.05, 4.69) is 62.5 Å². The number of unbranched alkanes of at least 4 members (excludes halogenated alkanes) is 20. The van der Waals surface area contributed by atoms with Gasteiger partial charge in [-0.05, 0) is 70.6 Å². The number of ether oxygens (including phenoxy) is 2. The van der Waals surface area contributed by atoms with E-state index in [1.807, 2.05) is 21.1 Å². The molecular formula is C48H89NO8P+. The van der Waals surface area contributed by atoms with Crippen molar-refractivity contribution >= 4 is 19.8 Å². The number of carbonyl (C=O) groups is 2. The molecule has 0 aromatic heterocycles. The molecule has 0 rings (SSSR count). The van der Waals surface area contributed by atoms with Gasteiger partial charge in [0.25, 0.3) is 0 Å². The number of allylic oxidation sites excluding steroid dienone is 8. The molecule has 0 aromatic rings. The van der Waals surface area contributed by atoms with Crippen molar-refractivity contribution in [1.82, 2.24) is 0 Å². The predicted octanol–water partition coefficient (Wildman–Crippen LogP) is 13.5. The molecule has 0 aliphatic rings. The Morgan fingerprint density at radius 1 is 0.552 bits per heavy atom. The van der Waals surface area contributed by atoms with Crippen LogP contribution in [0.25, 0.3) is 0 Å². The zero-order chi connectivity index (χ0) is 42.8. The Labute approximate surface area is 356 Å². The van der Waals surface area contributed by atoms with E-state index in [0.717, 1.165) is 77.0 Å². The Balaban J connectivity index is 4.33. The van der Waals surface area contributed by atoms with E-state index < -0.39 is 26.5 Å². The SMILES string of the molecule is CC/C=C\C/C=C\C/C=C\CCCCCCCC(=O)OC[C@H](COP(=O)(O)OCC[N+](C)(C)C)OC(=O)CCCCCCCCCCC/C=C\CCCCCCCC. The number of phosphoric ester groups is 1. The highest BCUT2D eigenvalue weighted by Gasteiger charge is 2.27. The summed E-state index contributed by atoms with van der Waals surface area (Å²) in [5.74, 6) is -0.820. The van der Waals surface area contributed by atoms with E-state index in [1.54, 1.807) is 0 Å². The third-order valence-electron chi connectivity index (χ3n) is 9.84. The van der Waals surface area contributed by atoms with Gasteiger partial charge in [0.1, 0.15) is 19.8 Å². The van der Waals surface area contributed by atoms with Crippen LogP contribution in [0.15, 0.2) is 48.6 Å². The molecule has 0 saturated carbocycles. The lowest BCUT2D eigenvalue weighted by Crippen LogP contribution is -2.37. The molecule has 0 heterocycles. The van der Waals surface area contributed by atoms with Crippen LogP contribution in [0.4, 0.5) is 0 Å². The summed E-state index contributed by atoms with van der Waals surface area (Å²) in [4.78, 5) is 35.4. The van der Waals surface area contributed by atoms with Gasteiger partial charge in [0.2, 0.25) is 0 Å². The number of hydrogen-bond donors (Lipinski definition) is 1. The van der Waals surface area contributed by atoms with E-state index >= 15 is 0 Å². The van der Waals surface area contributed by atoms with E-state index in [-0.39, 0.29) is 32.0 Å². The second-order valence-corrected chi connectivity index (χ2v) is 18.2. The minimum atomic E-state index is -4.38. The van der Waals surface area contributed by atoms with Crippen molar-refractivity contribution in [2.24, 2.45) is 0 Å². The third kappa shape index (κ3) is 43.5. The highest BCUT2D eigenvalue weighted by atomic mass is 31.2. The normalized spacial score (nSPS) is 14.0. The molecule has 58 heavy (non-hydrogen) atoms. The van der Waals surface area contributed by atoms with Crippen LogP contribution in [0.1, 0.15) is 194 Å². The van der Waals surface area contributed by atoms with Crippen LogP contribution in [0.5, 0.6) is 0 Å². The molecule has 2 atom stereocenters. The summed E-state index contributed by atoms with van der Waals surface area (Å²) >= 11 is 0.